The predicted molar refractivity (Wildman–Crippen MR) is 112 cm³/mol. The van der Waals surface area contributed by atoms with Crippen LogP contribution < -0.4 is 4.72 Å². The second kappa shape index (κ2) is 6.80. The summed E-state index contributed by atoms with van der Waals surface area (Å²) >= 11 is 0. The Morgan fingerprint density at radius 2 is 1.71 bits per heavy atom. The molecule has 0 amide bonds. The molecular formula is C22H21N3O2S. The van der Waals surface area contributed by atoms with Gasteiger partial charge in [-0.25, -0.2) is 13.4 Å². The van der Waals surface area contributed by atoms with E-state index in [1.807, 2.05) is 73.1 Å². The highest BCUT2D eigenvalue weighted by Crippen LogP contribution is 2.30. The smallest absolute Gasteiger partial charge is 0.262 e. The molecule has 4 rings (SSSR count). The van der Waals surface area contributed by atoms with Crippen molar-refractivity contribution in [2.75, 3.05) is 4.72 Å². The third-order valence-corrected chi connectivity index (χ3v) is 6.27. The lowest BCUT2D eigenvalue weighted by Gasteiger charge is -2.13. The third-order valence-electron chi connectivity index (χ3n) is 4.76. The van der Waals surface area contributed by atoms with Crippen molar-refractivity contribution < 1.29 is 8.42 Å². The monoisotopic (exact) mass is 391 g/mol. The first-order chi connectivity index (χ1) is 13.3. The van der Waals surface area contributed by atoms with E-state index in [1.165, 1.54) is 0 Å². The molecule has 0 saturated carbocycles. The summed E-state index contributed by atoms with van der Waals surface area (Å²) in [6, 6.07) is 16.7. The summed E-state index contributed by atoms with van der Waals surface area (Å²) in [6.45, 7) is 5.68. The number of sulfonamides is 1. The summed E-state index contributed by atoms with van der Waals surface area (Å²) in [7, 11) is -3.72. The number of nitrogens with one attached hydrogen (secondary N) is 1. The second-order valence-corrected chi connectivity index (χ2v) is 8.62. The number of aryl methyl sites for hydroxylation is 3. The van der Waals surface area contributed by atoms with Crippen LogP contribution in [0.3, 0.4) is 0 Å². The fourth-order valence-electron chi connectivity index (χ4n) is 3.28. The average molecular weight is 391 g/mol. The van der Waals surface area contributed by atoms with E-state index in [9.17, 15) is 8.42 Å². The maximum atomic E-state index is 13.0. The number of aromatic nitrogens is 2. The molecule has 2 heterocycles. The van der Waals surface area contributed by atoms with Crippen molar-refractivity contribution in [2.24, 2.45) is 0 Å². The summed E-state index contributed by atoms with van der Waals surface area (Å²) in [5.74, 6) is 0. The Bertz CT molecular complexity index is 1290. The molecule has 1 N–H and O–H groups in total. The number of imidazole rings is 1. The van der Waals surface area contributed by atoms with Crippen LogP contribution in [0.5, 0.6) is 0 Å². The van der Waals surface area contributed by atoms with Gasteiger partial charge >= 0.3 is 0 Å². The van der Waals surface area contributed by atoms with Crippen molar-refractivity contribution in [3.05, 3.63) is 83.7 Å². The van der Waals surface area contributed by atoms with Gasteiger partial charge in [-0.05, 0) is 55.7 Å². The maximum Gasteiger partial charge on any atom is 0.262 e. The van der Waals surface area contributed by atoms with Crippen LogP contribution in [0.2, 0.25) is 0 Å². The zero-order valence-corrected chi connectivity index (χ0v) is 16.8. The van der Waals surface area contributed by atoms with E-state index < -0.39 is 10.0 Å². The fraction of sp³-hybridized carbons (Fsp3) is 0.136. The molecule has 0 aliphatic carbocycles. The Morgan fingerprint density at radius 1 is 0.929 bits per heavy atom. The van der Waals surface area contributed by atoms with Gasteiger partial charge in [0.15, 0.2) is 0 Å². The van der Waals surface area contributed by atoms with Crippen molar-refractivity contribution in [3.8, 4) is 11.3 Å². The highest BCUT2D eigenvalue weighted by atomic mass is 32.2. The van der Waals surface area contributed by atoms with E-state index >= 15 is 0 Å². The first-order valence-corrected chi connectivity index (χ1v) is 10.5. The van der Waals surface area contributed by atoms with Crippen molar-refractivity contribution in [2.45, 2.75) is 25.7 Å². The van der Waals surface area contributed by atoms with Gasteiger partial charge in [0.2, 0.25) is 0 Å². The van der Waals surface area contributed by atoms with Gasteiger partial charge in [0, 0.05) is 18.0 Å². The van der Waals surface area contributed by atoms with Crippen LogP contribution >= 0.6 is 0 Å². The van der Waals surface area contributed by atoms with Crippen LogP contribution in [0.25, 0.3) is 16.9 Å². The third kappa shape index (κ3) is 3.27. The van der Waals surface area contributed by atoms with E-state index in [0.29, 0.717) is 16.9 Å². The van der Waals surface area contributed by atoms with Gasteiger partial charge in [-0.3, -0.25) is 4.72 Å². The number of para-hydroxylation sites is 1. The molecule has 5 nitrogen and oxygen atoms in total. The Balaban J connectivity index is 1.80. The normalized spacial score (nSPS) is 11.7. The quantitative estimate of drug-likeness (QED) is 0.547. The number of pyridine rings is 1. The average Bonchev–Trinajstić information content (AvgIpc) is 3.09. The van der Waals surface area contributed by atoms with E-state index in [1.54, 1.807) is 19.1 Å². The van der Waals surface area contributed by atoms with Crippen LogP contribution in [-0.2, 0) is 10.0 Å². The first-order valence-electron chi connectivity index (χ1n) is 8.99. The lowest BCUT2D eigenvalue weighted by atomic mass is 10.1. The summed E-state index contributed by atoms with van der Waals surface area (Å²) < 4.78 is 30.8. The molecule has 4 aromatic rings. The van der Waals surface area contributed by atoms with Crippen molar-refractivity contribution >= 4 is 21.4 Å². The number of hydrogen-bond donors (Lipinski definition) is 1. The van der Waals surface area contributed by atoms with E-state index in [4.69, 9.17) is 4.98 Å². The molecule has 0 aliphatic rings. The molecule has 0 spiro atoms. The van der Waals surface area contributed by atoms with Gasteiger partial charge in [0.05, 0.1) is 16.3 Å². The van der Waals surface area contributed by atoms with Gasteiger partial charge in [0.25, 0.3) is 10.0 Å². The van der Waals surface area contributed by atoms with Gasteiger partial charge in [-0.15, -0.1) is 0 Å². The minimum absolute atomic E-state index is 0.285. The number of hydrogen-bond acceptors (Lipinski definition) is 3. The fourth-order valence-corrected chi connectivity index (χ4v) is 4.69. The van der Waals surface area contributed by atoms with Crippen molar-refractivity contribution in [1.82, 2.24) is 9.38 Å². The van der Waals surface area contributed by atoms with Crippen LogP contribution in [0.4, 0.5) is 5.69 Å². The van der Waals surface area contributed by atoms with Gasteiger partial charge < -0.3 is 4.40 Å². The van der Waals surface area contributed by atoms with Gasteiger partial charge in [-0.2, -0.15) is 0 Å². The number of rotatable bonds is 4. The molecule has 0 bridgehead atoms. The Hall–Kier alpha value is -3.12. The molecule has 6 heteroatoms. The zero-order chi connectivity index (χ0) is 19.9. The highest BCUT2D eigenvalue weighted by molar-refractivity contribution is 7.92. The molecule has 28 heavy (non-hydrogen) atoms. The zero-order valence-electron chi connectivity index (χ0n) is 16.0. The molecule has 142 valence electrons. The molecule has 0 fully saturated rings. The Morgan fingerprint density at radius 3 is 2.50 bits per heavy atom. The predicted octanol–water partition coefficient (Wildman–Crippen LogP) is 4.73. The molecule has 0 atom stereocenters. The Kier molecular flexibility index (Phi) is 4.43. The maximum absolute atomic E-state index is 13.0. The van der Waals surface area contributed by atoms with Gasteiger partial charge in [-0.1, -0.05) is 36.4 Å². The number of benzene rings is 2. The lowest BCUT2D eigenvalue weighted by Crippen LogP contribution is -2.15. The number of anilines is 1. The van der Waals surface area contributed by atoms with E-state index in [-0.39, 0.29) is 4.90 Å². The summed E-state index contributed by atoms with van der Waals surface area (Å²) in [5.41, 5.74) is 5.47. The first kappa shape index (κ1) is 18.3. The van der Waals surface area contributed by atoms with Gasteiger partial charge in [0.1, 0.15) is 5.65 Å². The van der Waals surface area contributed by atoms with Crippen molar-refractivity contribution in [3.63, 3.8) is 0 Å². The van der Waals surface area contributed by atoms with E-state index in [2.05, 4.69) is 4.72 Å². The lowest BCUT2D eigenvalue weighted by molar-refractivity contribution is 0.600. The SMILES string of the molecule is Cc1ccc(C)c(S(=O)(=O)Nc2ccccc2-c2cn3cccc(C)c3n2)c1. The van der Waals surface area contributed by atoms with Crippen LogP contribution in [-0.4, -0.2) is 17.8 Å². The second-order valence-electron chi connectivity index (χ2n) is 6.97. The number of nitrogens with zero attached hydrogens (tertiary/aromatic N) is 2. The molecule has 0 saturated heterocycles. The van der Waals surface area contributed by atoms with Crippen LogP contribution in [0.1, 0.15) is 16.7 Å². The topological polar surface area (TPSA) is 63.5 Å². The van der Waals surface area contributed by atoms with Crippen molar-refractivity contribution in [1.29, 1.82) is 0 Å². The molecule has 2 aromatic heterocycles. The molecular weight excluding hydrogens is 370 g/mol. The summed E-state index contributed by atoms with van der Waals surface area (Å²) in [5, 5.41) is 0. The van der Waals surface area contributed by atoms with Crippen LogP contribution in [0.15, 0.2) is 71.9 Å². The number of fused-ring (bicyclic) bond motifs is 1. The summed E-state index contributed by atoms with van der Waals surface area (Å²) in [4.78, 5) is 4.99. The minimum atomic E-state index is -3.72. The summed E-state index contributed by atoms with van der Waals surface area (Å²) in [6.07, 6.45) is 3.84. The molecule has 0 aliphatic heterocycles. The Labute approximate surface area is 164 Å². The largest absolute Gasteiger partial charge is 0.306 e. The van der Waals surface area contributed by atoms with Crippen LogP contribution in [0, 0.1) is 20.8 Å². The highest BCUT2D eigenvalue weighted by Gasteiger charge is 2.20. The molecule has 0 radical (unpaired) electrons. The van der Waals surface area contributed by atoms with E-state index in [0.717, 1.165) is 22.3 Å². The molecule has 0 unspecified atom stereocenters. The minimum Gasteiger partial charge on any atom is -0.306 e. The standard InChI is InChI=1S/C22H21N3O2S/c1-15-10-11-16(2)21(13-15)28(26,27)24-19-9-5-4-8-18(19)20-14-25-12-6-7-17(3)22(25)23-20/h4-14,24H,1-3H3. The molecule has 2 aromatic carbocycles.